The van der Waals surface area contributed by atoms with Gasteiger partial charge in [-0.1, -0.05) is 15.9 Å². The highest BCUT2D eigenvalue weighted by Crippen LogP contribution is 2.27. The Bertz CT molecular complexity index is 798. The van der Waals surface area contributed by atoms with Gasteiger partial charge < -0.3 is 9.47 Å². The lowest BCUT2D eigenvalue weighted by molar-refractivity contribution is 0.0844. The molecule has 2 amide bonds. The average Bonchev–Trinajstić information content (AvgIpc) is 2.62. The van der Waals surface area contributed by atoms with E-state index in [1.54, 1.807) is 6.07 Å². The van der Waals surface area contributed by atoms with E-state index in [1.165, 1.54) is 31.4 Å². The normalized spacial score (nSPS) is 10.1. The summed E-state index contributed by atoms with van der Waals surface area (Å²) in [5.74, 6) is -1.16. The third kappa shape index (κ3) is 4.69. The zero-order chi connectivity index (χ0) is 18.4. The van der Waals surface area contributed by atoms with Crippen LogP contribution in [0.3, 0.4) is 0 Å². The Labute approximate surface area is 152 Å². The average molecular weight is 411 g/mol. The number of hydrazine groups is 1. The number of methoxy groups -OCH3 is 1. The third-order valence-corrected chi connectivity index (χ3v) is 3.68. The number of carbonyl (C=O) groups excluding carboxylic acids is 2. The van der Waals surface area contributed by atoms with Crippen LogP contribution in [0.15, 0.2) is 40.9 Å². The number of amides is 2. The predicted octanol–water partition coefficient (Wildman–Crippen LogP) is 3.07. The number of halogens is 2. The first-order valence-corrected chi connectivity index (χ1v) is 8.12. The van der Waals surface area contributed by atoms with E-state index in [4.69, 9.17) is 9.47 Å². The molecule has 6 nitrogen and oxygen atoms in total. The van der Waals surface area contributed by atoms with Crippen LogP contribution in [-0.2, 0) is 0 Å². The van der Waals surface area contributed by atoms with Gasteiger partial charge in [0.15, 0.2) is 11.5 Å². The van der Waals surface area contributed by atoms with Gasteiger partial charge in [0.25, 0.3) is 11.8 Å². The van der Waals surface area contributed by atoms with Gasteiger partial charge in [-0.25, -0.2) is 4.39 Å². The highest BCUT2D eigenvalue weighted by atomic mass is 79.9. The molecule has 2 rings (SSSR count). The molecule has 0 heterocycles. The maximum atomic E-state index is 13.7. The van der Waals surface area contributed by atoms with Gasteiger partial charge in [0.2, 0.25) is 0 Å². The summed E-state index contributed by atoms with van der Waals surface area (Å²) < 4.78 is 24.7. The first-order chi connectivity index (χ1) is 12.0. The van der Waals surface area contributed by atoms with Crippen molar-refractivity contribution in [3.05, 3.63) is 57.8 Å². The summed E-state index contributed by atoms with van der Waals surface area (Å²) in [6, 6.07) is 8.53. The third-order valence-electron chi connectivity index (χ3n) is 3.19. The van der Waals surface area contributed by atoms with Gasteiger partial charge in [0.1, 0.15) is 5.82 Å². The van der Waals surface area contributed by atoms with Crippen molar-refractivity contribution < 1.29 is 23.5 Å². The minimum Gasteiger partial charge on any atom is -0.493 e. The molecule has 132 valence electrons. The van der Waals surface area contributed by atoms with Gasteiger partial charge in [-0.2, -0.15) is 0 Å². The standard InChI is InChI=1S/C17H16BrFN2O4/c1-3-25-14-7-4-10(8-15(14)24-2)16(22)20-21-17(23)12-9-11(18)5-6-13(12)19/h4-9H,3H2,1-2H3,(H,20,22)(H,21,23). The van der Waals surface area contributed by atoms with Gasteiger partial charge in [-0.05, 0) is 43.3 Å². The molecule has 8 heteroatoms. The molecule has 2 N–H and O–H groups in total. The minimum absolute atomic E-state index is 0.195. The molecule has 0 bridgehead atoms. The number of benzene rings is 2. The molecule has 0 saturated carbocycles. The van der Waals surface area contributed by atoms with Crippen LogP contribution in [0.2, 0.25) is 0 Å². The molecule has 0 spiro atoms. The van der Waals surface area contributed by atoms with Crippen LogP contribution < -0.4 is 20.3 Å². The lowest BCUT2D eigenvalue weighted by atomic mass is 10.2. The first kappa shape index (κ1) is 18.7. The molecule has 0 aliphatic carbocycles. The molecule has 0 aromatic heterocycles. The number of hydrogen-bond donors (Lipinski definition) is 2. The van der Waals surface area contributed by atoms with Crippen molar-refractivity contribution in [1.29, 1.82) is 0 Å². The lowest BCUT2D eigenvalue weighted by Gasteiger charge is -2.12. The molecule has 0 radical (unpaired) electrons. The van der Waals surface area contributed by atoms with Crippen LogP contribution in [0.5, 0.6) is 11.5 Å². The van der Waals surface area contributed by atoms with Crippen LogP contribution in [0, 0.1) is 5.82 Å². The number of hydrogen-bond acceptors (Lipinski definition) is 4. The maximum Gasteiger partial charge on any atom is 0.272 e. The zero-order valence-corrected chi connectivity index (χ0v) is 15.1. The number of nitrogens with one attached hydrogen (secondary N) is 2. The van der Waals surface area contributed by atoms with Crippen molar-refractivity contribution in [2.75, 3.05) is 13.7 Å². The monoisotopic (exact) mass is 410 g/mol. The Kier molecular flexibility index (Phi) is 6.35. The SMILES string of the molecule is CCOc1ccc(C(=O)NNC(=O)c2cc(Br)ccc2F)cc1OC. The fourth-order valence-electron chi connectivity index (χ4n) is 2.01. The molecule has 0 saturated heterocycles. The van der Waals surface area contributed by atoms with Crippen LogP contribution in [-0.4, -0.2) is 25.5 Å². The molecule has 0 unspecified atom stereocenters. The Morgan fingerprint density at radius 2 is 1.80 bits per heavy atom. The molecule has 25 heavy (non-hydrogen) atoms. The summed E-state index contributed by atoms with van der Waals surface area (Å²) in [4.78, 5) is 24.1. The lowest BCUT2D eigenvalue weighted by Crippen LogP contribution is -2.42. The summed E-state index contributed by atoms with van der Waals surface area (Å²) in [6.45, 7) is 2.28. The Balaban J connectivity index is 2.07. The highest BCUT2D eigenvalue weighted by molar-refractivity contribution is 9.10. The molecule has 0 aliphatic rings. The topological polar surface area (TPSA) is 76.7 Å². The summed E-state index contributed by atoms with van der Waals surface area (Å²) >= 11 is 3.16. The predicted molar refractivity (Wildman–Crippen MR) is 93.2 cm³/mol. The summed E-state index contributed by atoms with van der Waals surface area (Å²) in [7, 11) is 1.46. The summed E-state index contributed by atoms with van der Waals surface area (Å²) in [5.41, 5.74) is 4.45. The zero-order valence-electron chi connectivity index (χ0n) is 13.6. The molecular formula is C17H16BrFN2O4. The van der Waals surface area contributed by atoms with Crippen molar-refractivity contribution in [3.8, 4) is 11.5 Å². The number of rotatable bonds is 5. The van der Waals surface area contributed by atoms with E-state index < -0.39 is 17.6 Å². The van der Waals surface area contributed by atoms with Crippen molar-refractivity contribution in [2.45, 2.75) is 6.92 Å². The van der Waals surface area contributed by atoms with E-state index in [0.29, 0.717) is 22.6 Å². The van der Waals surface area contributed by atoms with Gasteiger partial charge in [-0.15, -0.1) is 0 Å². The maximum absolute atomic E-state index is 13.7. The van der Waals surface area contributed by atoms with Crippen molar-refractivity contribution in [2.24, 2.45) is 0 Å². The van der Waals surface area contributed by atoms with Crippen molar-refractivity contribution in [1.82, 2.24) is 10.9 Å². The van der Waals surface area contributed by atoms with E-state index in [2.05, 4.69) is 26.8 Å². The quantitative estimate of drug-likeness (QED) is 0.742. The van der Waals surface area contributed by atoms with E-state index in [-0.39, 0.29) is 11.1 Å². The second-order valence-corrected chi connectivity index (χ2v) is 5.75. The number of carbonyl (C=O) groups is 2. The Hall–Kier alpha value is -2.61. The molecule has 0 aliphatic heterocycles. The van der Waals surface area contributed by atoms with Gasteiger partial charge in [-0.3, -0.25) is 20.4 Å². The van der Waals surface area contributed by atoms with Gasteiger partial charge in [0, 0.05) is 10.0 Å². The summed E-state index contributed by atoms with van der Waals surface area (Å²) in [6.07, 6.45) is 0. The van der Waals surface area contributed by atoms with Crippen LogP contribution >= 0.6 is 15.9 Å². The van der Waals surface area contributed by atoms with E-state index in [1.807, 2.05) is 6.92 Å². The van der Waals surface area contributed by atoms with E-state index in [9.17, 15) is 14.0 Å². The Morgan fingerprint density at radius 3 is 2.48 bits per heavy atom. The summed E-state index contributed by atoms with van der Waals surface area (Å²) in [5, 5.41) is 0. The fraction of sp³-hybridized carbons (Fsp3) is 0.176. The minimum atomic E-state index is -0.773. The van der Waals surface area contributed by atoms with E-state index in [0.717, 1.165) is 6.07 Å². The molecule has 2 aromatic carbocycles. The molecular weight excluding hydrogens is 395 g/mol. The van der Waals surface area contributed by atoms with Crippen molar-refractivity contribution in [3.63, 3.8) is 0 Å². The smallest absolute Gasteiger partial charge is 0.272 e. The van der Waals surface area contributed by atoms with Crippen molar-refractivity contribution >= 4 is 27.7 Å². The first-order valence-electron chi connectivity index (χ1n) is 7.32. The molecule has 2 aromatic rings. The van der Waals surface area contributed by atoms with Crippen LogP contribution in [0.25, 0.3) is 0 Å². The highest BCUT2D eigenvalue weighted by Gasteiger charge is 2.15. The second-order valence-electron chi connectivity index (χ2n) is 4.83. The largest absolute Gasteiger partial charge is 0.493 e. The molecule has 0 atom stereocenters. The molecule has 0 fully saturated rings. The Morgan fingerprint density at radius 1 is 1.08 bits per heavy atom. The number of ether oxygens (including phenoxy) is 2. The van der Waals surface area contributed by atoms with Gasteiger partial charge in [0.05, 0.1) is 19.3 Å². The van der Waals surface area contributed by atoms with Crippen LogP contribution in [0.1, 0.15) is 27.6 Å². The van der Waals surface area contributed by atoms with Gasteiger partial charge >= 0.3 is 0 Å². The fourth-order valence-corrected chi connectivity index (χ4v) is 2.37. The second kappa shape index (κ2) is 8.48. The van der Waals surface area contributed by atoms with Crippen LogP contribution in [0.4, 0.5) is 4.39 Å². The van der Waals surface area contributed by atoms with E-state index >= 15 is 0 Å².